The van der Waals surface area contributed by atoms with Crippen LogP contribution in [0.2, 0.25) is 0 Å². The Balaban J connectivity index is 2.39. The number of hydrogen-bond acceptors (Lipinski definition) is 5. The lowest BCUT2D eigenvalue weighted by Crippen LogP contribution is -2.37. The van der Waals surface area contributed by atoms with E-state index in [1.54, 1.807) is 19.0 Å². The number of benzene rings is 1. The summed E-state index contributed by atoms with van der Waals surface area (Å²) in [5.74, 6) is 1.23. The highest BCUT2D eigenvalue weighted by molar-refractivity contribution is 5.92. The van der Waals surface area contributed by atoms with Gasteiger partial charge in [-0.3, -0.25) is 4.79 Å². The van der Waals surface area contributed by atoms with Gasteiger partial charge in [0.15, 0.2) is 0 Å². The Bertz CT molecular complexity index is 641. The smallest absolute Gasteiger partial charge is 0.244 e. The van der Waals surface area contributed by atoms with Gasteiger partial charge < -0.3 is 15.5 Å². The van der Waals surface area contributed by atoms with Crippen molar-refractivity contribution in [3.63, 3.8) is 0 Å². The first-order chi connectivity index (χ1) is 10.0. The second-order valence-electron chi connectivity index (χ2n) is 5.04. The van der Waals surface area contributed by atoms with E-state index in [1.165, 1.54) is 0 Å². The van der Waals surface area contributed by atoms with Crippen molar-refractivity contribution < 1.29 is 4.79 Å². The Labute approximate surface area is 124 Å². The monoisotopic (exact) mass is 287 g/mol. The van der Waals surface area contributed by atoms with Crippen LogP contribution in [0.4, 0.5) is 11.8 Å². The summed E-state index contributed by atoms with van der Waals surface area (Å²) >= 11 is 0. The van der Waals surface area contributed by atoms with Crippen molar-refractivity contribution in [3.05, 3.63) is 24.3 Å². The fourth-order valence-corrected chi connectivity index (χ4v) is 2.08. The third-order valence-corrected chi connectivity index (χ3v) is 3.10. The molecule has 112 valence electrons. The molecule has 1 aromatic heterocycles. The van der Waals surface area contributed by atoms with Crippen LogP contribution in [-0.4, -0.2) is 47.5 Å². The predicted octanol–water partition coefficient (Wildman–Crippen LogP) is 1.95. The lowest BCUT2D eigenvalue weighted by molar-refractivity contribution is -0.129. The van der Waals surface area contributed by atoms with Gasteiger partial charge >= 0.3 is 0 Å². The van der Waals surface area contributed by atoms with Crippen molar-refractivity contribution in [3.8, 4) is 0 Å². The van der Waals surface area contributed by atoms with Crippen molar-refractivity contribution in [2.45, 2.75) is 19.9 Å². The first-order valence-electron chi connectivity index (χ1n) is 7.01. The molecule has 0 bridgehead atoms. The second kappa shape index (κ2) is 6.39. The van der Waals surface area contributed by atoms with Crippen LogP contribution in [0.5, 0.6) is 0 Å². The number of aromatic nitrogens is 2. The zero-order valence-corrected chi connectivity index (χ0v) is 12.8. The van der Waals surface area contributed by atoms with Gasteiger partial charge in [0.25, 0.3) is 0 Å². The molecule has 1 heterocycles. The van der Waals surface area contributed by atoms with Crippen molar-refractivity contribution >= 4 is 28.6 Å². The van der Waals surface area contributed by atoms with Crippen LogP contribution < -0.4 is 10.6 Å². The number of hydrogen-bond donors (Lipinski definition) is 2. The molecule has 0 saturated heterocycles. The van der Waals surface area contributed by atoms with Gasteiger partial charge in [0, 0.05) is 26.0 Å². The van der Waals surface area contributed by atoms with Gasteiger partial charge in [-0.05, 0) is 26.0 Å². The average Bonchev–Trinajstić information content (AvgIpc) is 2.46. The summed E-state index contributed by atoms with van der Waals surface area (Å²) in [6, 6.07) is 7.39. The van der Waals surface area contributed by atoms with E-state index >= 15 is 0 Å². The van der Waals surface area contributed by atoms with Crippen LogP contribution in [0, 0.1) is 0 Å². The SMILES string of the molecule is CCNc1nc(NC(C)C(=O)N(C)C)c2ccccc2n1. The molecular formula is C15H21N5O. The minimum absolute atomic E-state index is 0.00249. The fourth-order valence-electron chi connectivity index (χ4n) is 2.08. The Morgan fingerprint density at radius 3 is 2.67 bits per heavy atom. The van der Waals surface area contributed by atoms with E-state index in [2.05, 4.69) is 20.6 Å². The largest absolute Gasteiger partial charge is 0.358 e. The molecule has 0 aliphatic heterocycles. The molecule has 0 aliphatic carbocycles. The van der Waals surface area contributed by atoms with Gasteiger partial charge in [-0.1, -0.05) is 12.1 Å². The maximum absolute atomic E-state index is 12.0. The highest BCUT2D eigenvalue weighted by Gasteiger charge is 2.17. The summed E-state index contributed by atoms with van der Waals surface area (Å²) in [6.07, 6.45) is 0. The zero-order valence-electron chi connectivity index (χ0n) is 12.8. The van der Waals surface area contributed by atoms with Gasteiger partial charge in [-0.2, -0.15) is 4.98 Å². The molecule has 1 aromatic carbocycles. The first kappa shape index (κ1) is 15.0. The number of rotatable bonds is 5. The summed E-state index contributed by atoms with van der Waals surface area (Å²) in [4.78, 5) is 22.5. The minimum Gasteiger partial charge on any atom is -0.358 e. The summed E-state index contributed by atoms with van der Waals surface area (Å²) in [6.45, 7) is 4.56. The highest BCUT2D eigenvalue weighted by atomic mass is 16.2. The van der Waals surface area contributed by atoms with E-state index in [0.717, 1.165) is 17.4 Å². The van der Waals surface area contributed by atoms with Gasteiger partial charge in [0.1, 0.15) is 11.9 Å². The Morgan fingerprint density at radius 2 is 2.00 bits per heavy atom. The molecule has 2 rings (SSSR count). The summed E-state index contributed by atoms with van der Waals surface area (Å²) in [5, 5.41) is 7.19. The lowest BCUT2D eigenvalue weighted by atomic mass is 10.2. The van der Waals surface area contributed by atoms with Crippen LogP contribution in [0.3, 0.4) is 0 Å². The summed E-state index contributed by atoms with van der Waals surface area (Å²) < 4.78 is 0. The molecule has 1 atom stereocenters. The van der Waals surface area contributed by atoms with E-state index in [-0.39, 0.29) is 11.9 Å². The molecule has 0 aliphatic rings. The number of carbonyl (C=O) groups excluding carboxylic acids is 1. The number of nitrogens with one attached hydrogen (secondary N) is 2. The van der Waals surface area contributed by atoms with E-state index in [1.807, 2.05) is 38.1 Å². The fraction of sp³-hybridized carbons (Fsp3) is 0.400. The number of fused-ring (bicyclic) bond motifs is 1. The minimum atomic E-state index is -0.354. The molecule has 0 spiro atoms. The Kier molecular flexibility index (Phi) is 4.57. The number of para-hydroxylation sites is 1. The summed E-state index contributed by atoms with van der Waals surface area (Å²) in [7, 11) is 3.48. The molecule has 21 heavy (non-hydrogen) atoms. The van der Waals surface area contributed by atoms with E-state index in [9.17, 15) is 4.79 Å². The maximum Gasteiger partial charge on any atom is 0.244 e. The number of anilines is 2. The molecule has 2 aromatic rings. The van der Waals surface area contributed by atoms with E-state index in [4.69, 9.17) is 0 Å². The molecule has 1 unspecified atom stereocenters. The highest BCUT2D eigenvalue weighted by Crippen LogP contribution is 2.22. The van der Waals surface area contributed by atoms with Crippen LogP contribution in [-0.2, 0) is 4.79 Å². The topological polar surface area (TPSA) is 70.2 Å². The predicted molar refractivity (Wildman–Crippen MR) is 85.5 cm³/mol. The molecule has 0 fully saturated rings. The zero-order chi connectivity index (χ0) is 15.4. The molecule has 6 heteroatoms. The van der Waals surface area contributed by atoms with E-state index in [0.29, 0.717) is 11.8 Å². The number of carbonyl (C=O) groups is 1. The van der Waals surface area contributed by atoms with E-state index < -0.39 is 0 Å². The standard InChI is InChI=1S/C15H21N5O/c1-5-16-15-18-12-9-7-6-8-11(12)13(19-15)17-10(2)14(21)20(3)4/h6-10H,5H2,1-4H3,(H2,16,17,18,19). The van der Waals surface area contributed by atoms with Crippen molar-refractivity contribution in [2.24, 2.45) is 0 Å². The van der Waals surface area contributed by atoms with Gasteiger partial charge in [-0.15, -0.1) is 0 Å². The van der Waals surface area contributed by atoms with Crippen LogP contribution in [0.1, 0.15) is 13.8 Å². The summed E-state index contributed by atoms with van der Waals surface area (Å²) in [5.41, 5.74) is 0.843. The molecule has 6 nitrogen and oxygen atoms in total. The second-order valence-corrected chi connectivity index (χ2v) is 5.04. The van der Waals surface area contributed by atoms with Crippen molar-refractivity contribution in [1.29, 1.82) is 0 Å². The van der Waals surface area contributed by atoms with Crippen LogP contribution in [0.15, 0.2) is 24.3 Å². The Morgan fingerprint density at radius 1 is 1.29 bits per heavy atom. The maximum atomic E-state index is 12.0. The quantitative estimate of drug-likeness (QED) is 0.879. The number of nitrogens with zero attached hydrogens (tertiary/aromatic N) is 3. The van der Waals surface area contributed by atoms with Crippen LogP contribution >= 0.6 is 0 Å². The Hall–Kier alpha value is -2.37. The normalized spacial score (nSPS) is 12.0. The molecule has 1 amide bonds. The van der Waals surface area contributed by atoms with Gasteiger partial charge in [0.05, 0.1) is 5.52 Å². The van der Waals surface area contributed by atoms with Gasteiger partial charge in [0.2, 0.25) is 11.9 Å². The van der Waals surface area contributed by atoms with Crippen molar-refractivity contribution in [2.75, 3.05) is 31.3 Å². The molecule has 0 radical (unpaired) electrons. The third-order valence-electron chi connectivity index (χ3n) is 3.10. The number of amides is 1. The molecular weight excluding hydrogens is 266 g/mol. The third kappa shape index (κ3) is 3.39. The first-order valence-corrected chi connectivity index (χ1v) is 7.01. The average molecular weight is 287 g/mol. The van der Waals surface area contributed by atoms with Crippen LogP contribution in [0.25, 0.3) is 10.9 Å². The molecule has 0 saturated carbocycles. The number of likely N-dealkylation sites (N-methyl/N-ethyl adjacent to an activating group) is 1. The van der Waals surface area contributed by atoms with Crippen molar-refractivity contribution in [1.82, 2.24) is 14.9 Å². The molecule has 2 N–H and O–H groups in total. The van der Waals surface area contributed by atoms with Gasteiger partial charge in [-0.25, -0.2) is 4.98 Å². The lowest BCUT2D eigenvalue weighted by Gasteiger charge is -2.19.